The Bertz CT molecular complexity index is 209. The molecule has 1 saturated heterocycles. The van der Waals surface area contributed by atoms with Gasteiger partial charge in [-0.1, -0.05) is 13.8 Å². The fourth-order valence-electron chi connectivity index (χ4n) is 2.09. The Morgan fingerprint density at radius 3 is 2.45 bits per heavy atom. The number of rotatable bonds is 1. The Labute approximate surface area is 65.7 Å². The largest absolute Gasteiger partial charge is 0.435 e. The Kier molecular flexibility index (Phi) is 1.15. The minimum atomic E-state index is -0.289. The quantitative estimate of drug-likeness (QED) is 0.526. The molecule has 1 aliphatic carbocycles. The molecule has 3 heteroatoms. The van der Waals surface area contributed by atoms with Gasteiger partial charge in [0, 0.05) is 13.0 Å². The summed E-state index contributed by atoms with van der Waals surface area (Å²) in [6, 6.07) is 0. The van der Waals surface area contributed by atoms with Crippen LogP contribution in [-0.4, -0.2) is 19.4 Å². The highest BCUT2D eigenvalue weighted by Gasteiger charge is 2.71. The lowest BCUT2D eigenvalue weighted by molar-refractivity contribution is -0.169. The van der Waals surface area contributed by atoms with Gasteiger partial charge in [-0.25, -0.2) is 0 Å². The topological polar surface area (TPSA) is 35.5 Å². The zero-order valence-corrected chi connectivity index (χ0v) is 6.96. The molecule has 0 N–H and O–H groups in total. The molecule has 3 nitrogen and oxygen atoms in total. The van der Waals surface area contributed by atoms with Crippen molar-refractivity contribution >= 4 is 5.97 Å². The van der Waals surface area contributed by atoms with Gasteiger partial charge >= 0.3 is 5.97 Å². The van der Waals surface area contributed by atoms with Crippen LogP contribution in [0.3, 0.4) is 0 Å². The van der Waals surface area contributed by atoms with E-state index >= 15 is 0 Å². The second-order valence-corrected chi connectivity index (χ2v) is 3.87. The van der Waals surface area contributed by atoms with E-state index in [1.807, 2.05) is 0 Å². The molecule has 0 aromatic heterocycles. The maximum Gasteiger partial charge on any atom is 0.312 e. The molecule has 2 aliphatic rings. The molecule has 0 spiro atoms. The first kappa shape index (κ1) is 7.10. The molecule has 3 atom stereocenters. The van der Waals surface area contributed by atoms with Gasteiger partial charge in [-0.2, -0.15) is 0 Å². The predicted molar refractivity (Wildman–Crippen MR) is 37.7 cm³/mol. The number of esters is 1. The predicted octanol–water partition coefficient (Wildman–Crippen LogP) is 0.788. The molecule has 2 fully saturated rings. The first-order chi connectivity index (χ1) is 5.09. The molecule has 0 radical (unpaired) electrons. The molecule has 0 unspecified atom stereocenters. The lowest BCUT2D eigenvalue weighted by Crippen LogP contribution is -2.21. The van der Waals surface area contributed by atoms with Crippen LogP contribution in [0.5, 0.6) is 0 Å². The standard InChI is InChI=1S/C8H12O3/c1-8(2)4-5(8)7(10-3)11-6(4)9/h4-5,7H,1-3H3/t4-,5+,7+/m0/s1. The van der Waals surface area contributed by atoms with Crippen molar-refractivity contribution in [1.82, 2.24) is 0 Å². The van der Waals surface area contributed by atoms with Crippen LogP contribution in [0, 0.1) is 17.3 Å². The van der Waals surface area contributed by atoms with Gasteiger partial charge in [0.15, 0.2) is 0 Å². The molecule has 0 aromatic carbocycles. The van der Waals surface area contributed by atoms with E-state index in [2.05, 4.69) is 13.8 Å². The van der Waals surface area contributed by atoms with Crippen molar-refractivity contribution in [3.63, 3.8) is 0 Å². The molecule has 0 bridgehead atoms. The molecule has 1 aliphatic heterocycles. The highest BCUT2D eigenvalue weighted by molar-refractivity contribution is 5.80. The number of carbonyl (C=O) groups is 1. The third-order valence-corrected chi connectivity index (χ3v) is 2.92. The lowest BCUT2D eigenvalue weighted by atomic mass is 10.1. The summed E-state index contributed by atoms with van der Waals surface area (Å²) in [4.78, 5) is 11.1. The molecular weight excluding hydrogens is 144 g/mol. The van der Waals surface area contributed by atoms with Crippen LogP contribution in [0.2, 0.25) is 0 Å². The van der Waals surface area contributed by atoms with Crippen LogP contribution in [0.4, 0.5) is 0 Å². The first-order valence-electron chi connectivity index (χ1n) is 3.82. The SMILES string of the molecule is CO[C@@H]1OC(=O)[C@@H]2[C@H]1C2(C)C. The third kappa shape index (κ3) is 0.692. The number of hydrogen-bond acceptors (Lipinski definition) is 3. The van der Waals surface area contributed by atoms with Gasteiger partial charge in [-0.05, 0) is 5.41 Å². The Morgan fingerprint density at radius 2 is 2.18 bits per heavy atom. The van der Waals surface area contributed by atoms with Gasteiger partial charge < -0.3 is 9.47 Å². The van der Waals surface area contributed by atoms with Gasteiger partial charge in [0.2, 0.25) is 6.29 Å². The molecule has 1 heterocycles. The van der Waals surface area contributed by atoms with Crippen LogP contribution in [0.15, 0.2) is 0 Å². The highest BCUT2D eigenvalue weighted by Crippen LogP contribution is 2.64. The van der Waals surface area contributed by atoms with Gasteiger partial charge in [-0.3, -0.25) is 4.79 Å². The van der Waals surface area contributed by atoms with Crippen molar-refractivity contribution < 1.29 is 14.3 Å². The highest BCUT2D eigenvalue weighted by atomic mass is 16.7. The number of cyclic esters (lactones) is 1. The van der Waals surface area contributed by atoms with Gasteiger partial charge in [0.25, 0.3) is 0 Å². The number of methoxy groups -OCH3 is 1. The average molecular weight is 156 g/mol. The fraction of sp³-hybridized carbons (Fsp3) is 0.875. The van der Waals surface area contributed by atoms with E-state index in [-0.39, 0.29) is 23.6 Å². The number of carbonyl (C=O) groups excluding carboxylic acids is 1. The van der Waals surface area contributed by atoms with E-state index in [0.29, 0.717) is 5.92 Å². The summed E-state index contributed by atoms with van der Waals surface area (Å²) in [5, 5.41) is 0. The summed E-state index contributed by atoms with van der Waals surface area (Å²) in [7, 11) is 1.58. The monoisotopic (exact) mass is 156 g/mol. The Morgan fingerprint density at radius 1 is 1.55 bits per heavy atom. The smallest absolute Gasteiger partial charge is 0.312 e. The molecule has 2 rings (SSSR count). The summed E-state index contributed by atoms with van der Waals surface area (Å²) < 4.78 is 9.98. The second-order valence-electron chi connectivity index (χ2n) is 3.87. The number of hydrogen-bond donors (Lipinski definition) is 0. The summed E-state index contributed by atoms with van der Waals surface area (Å²) in [6.07, 6.45) is -0.289. The minimum Gasteiger partial charge on any atom is -0.435 e. The van der Waals surface area contributed by atoms with Gasteiger partial charge in [0.05, 0.1) is 5.92 Å². The normalized spacial score (nSPS) is 45.0. The molecular formula is C8H12O3. The minimum absolute atomic E-state index is 0.0902. The number of ether oxygens (including phenoxy) is 2. The summed E-state index contributed by atoms with van der Waals surface area (Å²) in [6.45, 7) is 4.16. The van der Waals surface area contributed by atoms with Crippen molar-refractivity contribution in [2.75, 3.05) is 7.11 Å². The maximum atomic E-state index is 11.1. The maximum absolute atomic E-state index is 11.1. The van der Waals surface area contributed by atoms with Crippen LogP contribution in [-0.2, 0) is 14.3 Å². The van der Waals surface area contributed by atoms with Crippen LogP contribution in [0.25, 0.3) is 0 Å². The second kappa shape index (κ2) is 1.78. The molecule has 0 aromatic rings. The van der Waals surface area contributed by atoms with Crippen LogP contribution >= 0.6 is 0 Å². The van der Waals surface area contributed by atoms with Gasteiger partial charge in [-0.15, -0.1) is 0 Å². The van der Waals surface area contributed by atoms with E-state index < -0.39 is 0 Å². The zero-order valence-electron chi connectivity index (χ0n) is 6.96. The van der Waals surface area contributed by atoms with Crippen molar-refractivity contribution in [2.45, 2.75) is 20.1 Å². The van der Waals surface area contributed by atoms with Gasteiger partial charge in [0.1, 0.15) is 0 Å². The zero-order chi connectivity index (χ0) is 8.22. The molecule has 62 valence electrons. The van der Waals surface area contributed by atoms with Crippen molar-refractivity contribution in [3.8, 4) is 0 Å². The fourth-order valence-corrected chi connectivity index (χ4v) is 2.09. The number of fused-ring (bicyclic) bond motifs is 1. The average Bonchev–Trinajstić information content (AvgIpc) is 2.37. The molecule has 11 heavy (non-hydrogen) atoms. The van der Waals surface area contributed by atoms with Crippen molar-refractivity contribution in [3.05, 3.63) is 0 Å². The van der Waals surface area contributed by atoms with Crippen LogP contribution < -0.4 is 0 Å². The van der Waals surface area contributed by atoms with Crippen molar-refractivity contribution in [1.29, 1.82) is 0 Å². The van der Waals surface area contributed by atoms with Crippen molar-refractivity contribution in [2.24, 2.45) is 17.3 Å². The van der Waals surface area contributed by atoms with E-state index in [0.717, 1.165) is 0 Å². The molecule has 1 saturated carbocycles. The summed E-state index contributed by atoms with van der Waals surface area (Å²) >= 11 is 0. The first-order valence-corrected chi connectivity index (χ1v) is 3.82. The van der Waals surface area contributed by atoms with E-state index in [1.165, 1.54) is 0 Å². The van der Waals surface area contributed by atoms with E-state index in [9.17, 15) is 4.79 Å². The van der Waals surface area contributed by atoms with Crippen LogP contribution in [0.1, 0.15) is 13.8 Å². The van der Waals surface area contributed by atoms with E-state index in [4.69, 9.17) is 9.47 Å². The lowest BCUT2D eigenvalue weighted by Gasteiger charge is -2.15. The molecule has 0 amide bonds. The van der Waals surface area contributed by atoms with E-state index in [1.54, 1.807) is 7.11 Å². The Hall–Kier alpha value is -0.570. The third-order valence-electron chi connectivity index (χ3n) is 2.92. The summed E-state index contributed by atoms with van der Waals surface area (Å²) in [5.41, 5.74) is 0.107. The summed E-state index contributed by atoms with van der Waals surface area (Å²) in [5.74, 6) is 0.291. The Balaban J connectivity index is 2.19.